The van der Waals surface area contributed by atoms with Crippen molar-refractivity contribution in [1.29, 1.82) is 0 Å². The van der Waals surface area contributed by atoms with E-state index in [1.807, 2.05) is 0 Å². The standard InChI is InChI=1S/C21H27BrN2O5/c1-28-17-6-15(16(24(26)27)7-18(17)29-2)3-4-23-19(25)20-8-13-5-14(9-20)11-21(22,10-13)12-20/h6-7,13-14H,3-5,8-12H2,1-2H3,(H,23,25). The number of alkyl halides is 1. The first kappa shape index (κ1) is 20.4. The van der Waals surface area contributed by atoms with Crippen molar-refractivity contribution in [2.24, 2.45) is 17.3 Å². The molecule has 0 heterocycles. The van der Waals surface area contributed by atoms with Gasteiger partial charge in [0.2, 0.25) is 5.91 Å². The molecule has 4 saturated carbocycles. The summed E-state index contributed by atoms with van der Waals surface area (Å²) in [6.45, 7) is 0.363. The third-order valence-electron chi connectivity index (χ3n) is 6.93. The van der Waals surface area contributed by atoms with E-state index in [2.05, 4.69) is 21.2 Å². The van der Waals surface area contributed by atoms with Crippen LogP contribution in [0.2, 0.25) is 0 Å². The van der Waals surface area contributed by atoms with Crippen LogP contribution >= 0.6 is 15.9 Å². The summed E-state index contributed by atoms with van der Waals surface area (Å²) >= 11 is 3.94. The fourth-order valence-electron chi connectivity index (χ4n) is 6.20. The highest BCUT2D eigenvalue weighted by molar-refractivity contribution is 9.10. The van der Waals surface area contributed by atoms with Gasteiger partial charge >= 0.3 is 0 Å². The molecule has 1 aromatic carbocycles. The zero-order valence-electron chi connectivity index (χ0n) is 16.8. The molecule has 1 N–H and O–H groups in total. The van der Waals surface area contributed by atoms with Crippen LogP contribution in [0.5, 0.6) is 11.5 Å². The number of halogens is 1. The smallest absolute Gasteiger partial charge is 0.276 e. The minimum atomic E-state index is -0.424. The molecule has 158 valence electrons. The number of carbonyl (C=O) groups excluding carboxylic acids is 1. The number of carbonyl (C=O) groups is 1. The van der Waals surface area contributed by atoms with E-state index in [0.717, 1.165) is 19.3 Å². The number of nitro benzene ring substituents is 1. The maximum Gasteiger partial charge on any atom is 0.276 e. The molecule has 0 aliphatic heterocycles. The predicted molar refractivity (Wildman–Crippen MR) is 112 cm³/mol. The van der Waals surface area contributed by atoms with Crippen LogP contribution in [0.15, 0.2) is 12.1 Å². The van der Waals surface area contributed by atoms with Gasteiger partial charge in [0.25, 0.3) is 5.69 Å². The number of nitrogens with zero attached hydrogens (tertiary/aromatic N) is 1. The second-order valence-electron chi connectivity index (χ2n) is 8.99. The Balaban J connectivity index is 1.45. The minimum Gasteiger partial charge on any atom is -0.493 e. The van der Waals surface area contributed by atoms with Gasteiger partial charge in [-0.25, -0.2) is 0 Å². The minimum absolute atomic E-state index is 0.0221. The number of rotatable bonds is 7. The summed E-state index contributed by atoms with van der Waals surface area (Å²) < 4.78 is 10.6. The van der Waals surface area contributed by atoms with E-state index in [-0.39, 0.29) is 21.3 Å². The first-order chi connectivity index (χ1) is 13.8. The number of hydrogen-bond acceptors (Lipinski definition) is 5. The van der Waals surface area contributed by atoms with Crippen molar-refractivity contribution in [2.75, 3.05) is 20.8 Å². The van der Waals surface area contributed by atoms with Gasteiger partial charge in [-0.15, -0.1) is 0 Å². The molecule has 0 spiro atoms. The van der Waals surface area contributed by atoms with Gasteiger partial charge in [-0.05, 0) is 62.8 Å². The first-order valence-electron chi connectivity index (χ1n) is 10.1. The number of amides is 1. The van der Waals surface area contributed by atoms with Crippen LogP contribution in [0, 0.1) is 27.4 Å². The van der Waals surface area contributed by atoms with Crippen LogP contribution in [-0.2, 0) is 11.2 Å². The molecule has 8 heteroatoms. The summed E-state index contributed by atoms with van der Waals surface area (Å²) in [5, 5.41) is 14.6. The Morgan fingerprint density at radius 1 is 1.21 bits per heavy atom. The van der Waals surface area contributed by atoms with Crippen molar-refractivity contribution < 1.29 is 19.2 Å². The second-order valence-corrected chi connectivity index (χ2v) is 10.7. The molecule has 0 radical (unpaired) electrons. The van der Waals surface area contributed by atoms with Crippen LogP contribution in [0.4, 0.5) is 5.69 Å². The van der Waals surface area contributed by atoms with Gasteiger partial charge in [-0.1, -0.05) is 15.9 Å². The molecule has 5 rings (SSSR count). The monoisotopic (exact) mass is 466 g/mol. The number of ether oxygens (including phenoxy) is 2. The van der Waals surface area contributed by atoms with Crippen LogP contribution in [0.1, 0.15) is 44.1 Å². The summed E-state index contributed by atoms with van der Waals surface area (Å²) in [5.41, 5.74) is 0.221. The number of hydrogen-bond donors (Lipinski definition) is 1. The van der Waals surface area contributed by atoms with Crippen molar-refractivity contribution >= 4 is 27.5 Å². The third-order valence-corrected chi connectivity index (χ3v) is 7.86. The molecule has 1 aromatic rings. The van der Waals surface area contributed by atoms with E-state index >= 15 is 0 Å². The van der Waals surface area contributed by atoms with Crippen molar-refractivity contribution in [2.45, 2.75) is 49.3 Å². The highest BCUT2D eigenvalue weighted by atomic mass is 79.9. The SMILES string of the molecule is COc1cc(CCNC(=O)C23CC4CC(CC(Br)(C4)C2)C3)c([N+](=O)[O-])cc1OC. The fraction of sp³-hybridized carbons (Fsp3) is 0.667. The molecule has 2 atom stereocenters. The third kappa shape index (κ3) is 3.71. The molecule has 4 aliphatic rings. The van der Waals surface area contributed by atoms with Gasteiger partial charge in [-0.3, -0.25) is 14.9 Å². The zero-order chi connectivity index (χ0) is 20.8. The normalized spacial score (nSPS) is 32.1. The highest BCUT2D eigenvalue weighted by Crippen LogP contribution is 2.64. The zero-order valence-corrected chi connectivity index (χ0v) is 18.4. The lowest BCUT2D eigenvalue weighted by Gasteiger charge is -2.59. The average molecular weight is 467 g/mol. The molecule has 0 aromatic heterocycles. The Bertz CT molecular complexity index is 829. The van der Waals surface area contributed by atoms with Crippen molar-refractivity contribution in [3.05, 3.63) is 27.8 Å². The Morgan fingerprint density at radius 3 is 2.38 bits per heavy atom. The van der Waals surface area contributed by atoms with E-state index in [1.54, 1.807) is 6.07 Å². The highest BCUT2D eigenvalue weighted by Gasteiger charge is 2.59. The van der Waals surface area contributed by atoms with Crippen molar-refractivity contribution in [1.82, 2.24) is 5.32 Å². The molecular formula is C21H27BrN2O5. The molecule has 4 bridgehead atoms. The van der Waals surface area contributed by atoms with Gasteiger partial charge in [0.15, 0.2) is 11.5 Å². The Labute approximate surface area is 178 Å². The van der Waals surface area contributed by atoms with Gasteiger partial charge in [0.1, 0.15) is 0 Å². The lowest BCUT2D eigenvalue weighted by atomic mass is 9.49. The number of benzene rings is 1. The van der Waals surface area contributed by atoms with E-state index in [0.29, 0.717) is 41.9 Å². The summed E-state index contributed by atoms with van der Waals surface area (Å²) in [5.74, 6) is 2.14. The van der Waals surface area contributed by atoms with Crippen LogP contribution < -0.4 is 14.8 Å². The lowest BCUT2D eigenvalue weighted by Crippen LogP contribution is -2.58. The van der Waals surface area contributed by atoms with Gasteiger partial charge < -0.3 is 14.8 Å². The first-order valence-corrected chi connectivity index (χ1v) is 10.9. The summed E-state index contributed by atoms with van der Waals surface area (Å²) in [6.07, 6.45) is 6.81. The topological polar surface area (TPSA) is 90.7 Å². The molecule has 4 aliphatic carbocycles. The second kappa shape index (κ2) is 7.45. The molecule has 2 unspecified atom stereocenters. The predicted octanol–water partition coefficient (Wildman–Crippen LogP) is 4.00. The summed E-state index contributed by atoms with van der Waals surface area (Å²) in [7, 11) is 2.95. The molecule has 29 heavy (non-hydrogen) atoms. The van der Waals surface area contributed by atoms with Crippen molar-refractivity contribution in [3.8, 4) is 11.5 Å². The largest absolute Gasteiger partial charge is 0.493 e. The van der Waals surface area contributed by atoms with Gasteiger partial charge in [-0.2, -0.15) is 0 Å². The lowest BCUT2D eigenvalue weighted by molar-refractivity contribution is -0.385. The molecule has 4 fully saturated rings. The molecular weight excluding hydrogens is 440 g/mol. The number of methoxy groups -OCH3 is 2. The van der Waals surface area contributed by atoms with Crippen LogP contribution in [-0.4, -0.2) is 35.9 Å². The number of nitrogens with one attached hydrogen (secondary N) is 1. The quantitative estimate of drug-likeness (QED) is 0.372. The van der Waals surface area contributed by atoms with E-state index < -0.39 is 4.92 Å². The maximum atomic E-state index is 13.2. The maximum absolute atomic E-state index is 13.2. The summed E-state index contributed by atoms with van der Waals surface area (Å²) in [4.78, 5) is 24.2. The molecule has 7 nitrogen and oxygen atoms in total. The van der Waals surface area contributed by atoms with Gasteiger partial charge in [0.05, 0.1) is 30.6 Å². The Morgan fingerprint density at radius 2 is 1.83 bits per heavy atom. The van der Waals surface area contributed by atoms with Crippen molar-refractivity contribution in [3.63, 3.8) is 0 Å². The van der Waals surface area contributed by atoms with E-state index in [9.17, 15) is 14.9 Å². The van der Waals surface area contributed by atoms with Gasteiger partial charge in [0, 0.05) is 16.4 Å². The average Bonchev–Trinajstić information content (AvgIpc) is 2.65. The van der Waals surface area contributed by atoms with E-state index in [4.69, 9.17) is 9.47 Å². The summed E-state index contributed by atoms with van der Waals surface area (Å²) in [6, 6.07) is 3.00. The van der Waals surface area contributed by atoms with Crippen LogP contribution in [0.25, 0.3) is 0 Å². The van der Waals surface area contributed by atoms with Crippen LogP contribution in [0.3, 0.4) is 0 Å². The molecule has 0 saturated heterocycles. The Hall–Kier alpha value is -1.83. The number of nitro groups is 1. The van der Waals surface area contributed by atoms with E-state index in [1.165, 1.54) is 39.5 Å². The Kier molecular flexibility index (Phi) is 5.25. The molecule has 1 amide bonds. The fourth-order valence-corrected chi connectivity index (χ4v) is 7.65.